The summed E-state index contributed by atoms with van der Waals surface area (Å²) in [7, 11) is 1.72. The number of carbonyl (C=O) groups is 1. The minimum Gasteiger partial charge on any atom is -0.480 e. The second-order valence-corrected chi connectivity index (χ2v) is 5.41. The second kappa shape index (κ2) is 6.85. The number of nitrogens with zero attached hydrogens (tertiary/aromatic N) is 4. The lowest BCUT2D eigenvalue weighted by molar-refractivity contribution is -0.143. The van der Waals surface area contributed by atoms with Gasteiger partial charge in [0.2, 0.25) is 0 Å². The Bertz CT molecular complexity index is 656. The second-order valence-electron chi connectivity index (χ2n) is 5.00. The van der Waals surface area contributed by atoms with E-state index in [1.807, 2.05) is 0 Å². The lowest BCUT2D eigenvalue weighted by Gasteiger charge is -2.25. The minimum atomic E-state index is -1.00. The van der Waals surface area contributed by atoms with Crippen molar-refractivity contribution in [1.29, 1.82) is 0 Å². The minimum absolute atomic E-state index is 0.0650. The maximum absolute atomic E-state index is 13.9. The topological polar surface area (TPSA) is 71.2 Å². The predicted octanol–water partition coefficient (Wildman–Crippen LogP) is 2.08. The lowest BCUT2D eigenvalue weighted by atomic mass is 10.1. The Hall–Kier alpha value is -1.99. The van der Waals surface area contributed by atoms with Crippen LogP contribution in [0, 0.1) is 5.82 Å². The number of halogens is 2. The van der Waals surface area contributed by atoms with Gasteiger partial charge in [-0.3, -0.25) is 14.4 Å². The largest absolute Gasteiger partial charge is 0.480 e. The molecule has 0 saturated heterocycles. The molecule has 8 heteroatoms. The molecule has 1 heterocycles. The van der Waals surface area contributed by atoms with Gasteiger partial charge in [-0.25, -0.2) is 4.39 Å². The fourth-order valence-electron chi connectivity index (χ4n) is 2.05. The molecule has 22 heavy (non-hydrogen) atoms. The average Bonchev–Trinajstić information content (AvgIpc) is 2.86. The van der Waals surface area contributed by atoms with Crippen molar-refractivity contribution in [2.75, 3.05) is 0 Å². The van der Waals surface area contributed by atoms with Gasteiger partial charge >= 0.3 is 5.97 Å². The van der Waals surface area contributed by atoms with Crippen molar-refractivity contribution in [3.8, 4) is 0 Å². The van der Waals surface area contributed by atoms with E-state index in [0.717, 1.165) is 0 Å². The summed E-state index contributed by atoms with van der Waals surface area (Å²) < 4.78 is 15.5. The van der Waals surface area contributed by atoms with Gasteiger partial charge in [0.25, 0.3) is 0 Å². The molecule has 1 N–H and O–H groups in total. The first-order valence-corrected chi connectivity index (χ1v) is 7.01. The average molecular weight is 327 g/mol. The first kappa shape index (κ1) is 16.4. The number of hydrogen-bond acceptors (Lipinski definition) is 4. The molecule has 0 spiro atoms. The SMILES string of the molecule is CC(C(=O)O)N(Cc1cn(C)nn1)Cc1c(F)cccc1Cl. The van der Waals surface area contributed by atoms with Crippen LogP contribution in [0.4, 0.5) is 4.39 Å². The zero-order valence-corrected chi connectivity index (χ0v) is 13.0. The summed E-state index contributed by atoms with van der Waals surface area (Å²) in [5.41, 5.74) is 0.865. The van der Waals surface area contributed by atoms with E-state index in [2.05, 4.69) is 10.3 Å². The van der Waals surface area contributed by atoms with E-state index in [1.165, 1.54) is 23.7 Å². The van der Waals surface area contributed by atoms with Crippen molar-refractivity contribution < 1.29 is 14.3 Å². The zero-order valence-electron chi connectivity index (χ0n) is 12.2. The normalized spacial score (nSPS) is 12.6. The Kier molecular flexibility index (Phi) is 5.10. The summed E-state index contributed by atoms with van der Waals surface area (Å²) in [4.78, 5) is 12.9. The van der Waals surface area contributed by atoms with Gasteiger partial charge in [0.15, 0.2) is 0 Å². The Morgan fingerprint density at radius 2 is 2.23 bits per heavy atom. The fourth-order valence-corrected chi connectivity index (χ4v) is 2.27. The molecule has 0 fully saturated rings. The summed E-state index contributed by atoms with van der Waals surface area (Å²) in [5.74, 6) is -1.47. The molecule has 0 aliphatic carbocycles. The Morgan fingerprint density at radius 3 is 2.77 bits per heavy atom. The van der Waals surface area contributed by atoms with Gasteiger partial charge in [-0.2, -0.15) is 0 Å². The number of rotatable bonds is 6. The van der Waals surface area contributed by atoms with E-state index >= 15 is 0 Å². The van der Waals surface area contributed by atoms with Crippen molar-refractivity contribution in [3.63, 3.8) is 0 Å². The first-order valence-electron chi connectivity index (χ1n) is 6.63. The molecule has 1 aromatic heterocycles. The molecular formula is C14H16ClFN4O2. The highest BCUT2D eigenvalue weighted by Crippen LogP contribution is 2.22. The van der Waals surface area contributed by atoms with Crippen LogP contribution in [0.3, 0.4) is 0 Å². The number of carboxylic acid groups (broad SMARTS) is 1. The van der Waals surface area contributed by atoms with Crippen LogP contribution < -0.4 is 0 Å². The number of aliphatic carboxylic acids is 1. The number of benzene rings is 1. The van der Waals surface area contributed by atoms with E-state index < -0.39 is 17.8 Å². The monoisotopic (exact) mass is 326 g/mol. The fraction of sp³-hybridized carbons (Fsp3) is 0.357. The summed E-state index contributed by atoms with van der Waals surface area (Å²) in [6.45, 7) is 1.83. The molecule has 6 nitrogen and oxygen atoms in total. The molecule has 1 unspecified atom stereocenters. The standard InChI is InChI=1S/C14H16ClFN4O2/c1-9(14(21)22)20(7-10-6-19(2)18-17-10)8-11-12(15)4-3-5-13(11)16/h3-6,9H,7-8H2,1-2H3,(H,21,22). The molecule has 0 aliphatic heterocycles. The maximum Gasteiger partial charge on any atom is 0.320 e. The van der Waals surface area contributed by atoms with Crippen molar-refractivity contribution in [1.82, 2.24) is 19.9 Å². The Labute approximate surface area is 132 Å². The lowest BCUT2D eigenvalue weighted by Crippen LogP contribution is -2.38. The van der Waals surface area contributed by atoms with Crippen LogP contribution in [0.1, 0.15) is 18.2 Å². The van der Waals surface area contributed by atoms with Crippen LogP contribution in [0.15, 0.2) is 24.4 Å². The highest BCUT2D eigenvalue weighted by molar-refractivity contribution is 6.31. The van der Waals surface area contributed by atoms with E-state index in [0.29, 0.717) is 5.69 Å². The van der Waals surface area contributed by atoms with Gasteiger partial charge in [-0.05, 0) is 19.1 Å². The van der Waals surface area contributed by atoms with Crippen molar-refractivity contribution in [2.45, 2.75) is 26.1 Å². The maximum atomic E-state index is 13.9. The quantitative estimate of drug-likeness (QED) is 0.880. The molecule has 1 atom stereocenters. The van der Waals surface area contributed by atoms with Crippen molar-refractivity contribution in [3.05, 3.63) is 46.5 Å². The van der Waals surface area contributed by atoms with E-state index in [1.54, 1.807) is 24.2 Å². The molecule has 0 bridgehead atoms. The van der Waals surface area contributed by atoms with Crippen LogP contribution in [0.5, 0.6) is 0 Å². The molecule has 0 aliphatic rings. The van der Waals surface area contributed by atoms with Crippen LogP contribution >= 0.6 is 11.6 Å². The highest BCUT2D eigenvalue weighted by atomic mass is 35.5. The molecule has 0 radical (unpaired) electrons. The highest BCUT2D eigenvalue weighted by Gasteiger charge is 2.24. The number of aryl methyl sites for hydroxylation is 1. The van der Waals surface area contributed by atoms with Gasteiger partial charge in [-0.1, -0.05) is 22.9 Å². The van der Waals surface area contributed by atoms with Crippen LogP contribution in [-0.2, 0) is 24.9 Å². The molecular weight excluding hydrogens is 311 g/mol. The molecule has 2 aromatic rings. The molecule has 1 aromatic carbocycles. The van der Waals surface area contributed by atoms with Crippen LogP contribution in [0.25, 0.3) is 0 Å². The Morgan fingerprint density at radius 1 is 1.50 bits per heavy atom. The van der Waals surface area contributed by atoms with Crippen molar-refractivity contribution in [2.24, 2.45) is 7.05 Å². The van der Waals surface area contributed by atoms with Gasteiger partial charge in [0.05, 0.1) is 5.69 Å². The van der Waals surface area contributed by atoms with Gasteiger partial charge in [0.1, 0.15) is 11.9 Å². The van der Waals surface area contributed by atoms with Gasteiger partial charge < -0.3 is 5.11 Å². The van der Waals surface area contributed by atoms with E-state index in [4.69, 9.17) is 11.6 Å². The predicted molar refractivity (Wildman–Crippen MR) is 78.8 cm³/mol. The van der Waals surface area contributed by atoms with Crippen LogP contribution in [0.2, 0.25) is 5.02 Å². The summed E-state index contributed by atoms with van der Waals surface area (Å²) >= 11 is 6.02. The van der Waals surface area contributed by atoms with Crippen molar-refractivity contribution >= 4 is 17.6 Å². The van der Waals surface area contributed by atoms with Gasteiger partial charge in [-0.15, -0.1) is 5.10 Å². The third-order valence-corrected chi connectivity index (χ3v) is 3.70. The number of carboxylic acids is 1. The molecule has 0 saturated carbocycles. The summed E-state index contributed by atoms with van der Waals surface area (Å²) in [6.07, 6.45) is 1.69. The zero-order chi connectivity index (χ0) is 16.3. The summed E-state index contributed by atoms with van der Waals surface area (Å²) in [5, 5.41) is 17.3. The molecule has 118 valence electrons. The number of hydrogen-bond donors (Lipinski definition) is 1. The third-order valence-electron chi connectivity index (χ3n) is 3.34. The Balaban J connectivity index is 2.26. The third kappa shape index (κ3) is 3.80. The first-order chi connectivity index (χ1) is 10.4. The van der Waals surface area contributed by atoms with E-state index in [-0.39, 0.29) is 23.7 Å². The smallest absolute Gasteiger partial charge is 0.320 e. The van der Waals surface area contributed by atoms with Gasteiger partial charge in [0, 0.05) is 36.9 Å². The van der Waals surface area contributed by atoms with Crippen LogP contribution in [-0.4, -0.2) is 37.0 Å². The number of aromatic nitrogens is 3. The molecule has 2 rings (SSSR count). The summed E-state index contributed by atoms with van der Waals surface area (Å²) in [6, 6.07) is 3.56. The van der Waals surface area contributed by atoms with E-state index in [9.17, 15) is 14.3 Å². The molecule has 0 amide bonds.